The molecule has 0 saturated heterocycles. The van der Waals surface area contributed by atoms with Crippen molar-refractivity contribution >= 4 is 10.8 Å². The molecule has 1 heterocycles. The molecule has 1 aromatic heterocycles. The zero-order valence-corrected chi connectivity index (χ0v) is 12.0. The van der Waals surface area contributed by atoms with Gasteiger partial charge in [0.2, 0.25) is 0 Å². The summed E-state index contributed by atoms with van der Waals surface area (Å²) in [4.78, 5) is 0. The van der Waals surface area contributed by atoms with Gasteiger partial charge in [-0.1, -0.05) is 54.6 Å². The van der Waals surface area contributed by atoms with Crippen LogP contribution in [0.3, 0.4) is 0 Å². The summed E-state index contributed by atoms with van der Waals surface area (Å²) in [7, 11) is 0. The van der Waals surface area contributed by atoms with Crippen molar-refractivity contribution in [3.05, 3.63) is 59.9 Å². The molecule has 2 aromatic carbocycles. The normalized spacial score (nSPS) is 12.7. The molecule has 3 rings (SSSR count). The third-order valence-corrected chi connectivity index (χ3v) is 3.68. The fourth-order valence-electron chi connectivity index (χ4n) is 2.71. The van der Waals surface area contributed by atoms with Gasteiger partial charge in [-0.3, -0.25) is 5.84 Å². The maximum atomic E-state index is 5.83. The second-order valence-electron chi connectivity index (χ2n) is 5.05. The summed E-state index contributed by atoms with van der Waals surface area (Å²) in [6, 6.07) is 14.4. The highest BCUT2D eigenvalue weighted by molar-refractivity contribution is 5.86. The van der Waals surface area contributed by atoms with Gasteiger partial charge in [-0.15, -0.1) is 5.10 Å². The number of aryl methyl sites for hydroxylation is 1. The third-order valence-electron chi connectivity index (χ3n) is 3.68. The van der Waals surface area contributed by atoms with Crippen LogP contribution in [-0.4, -0.2) is 15.0 Å². The van der Waals surface area contributed by atoms with Crippen LogP contribution in [0.5, 0.6) is 0 Å². The molecule has 0 saturated carbocycles. The lowest BCUT2D eigenvalue weighted by Gasteiger charge is -2.19. The lowest BCUT2D eigenvalue weighted by Crippen LogP contribution is -2.31. The Hall–Kier alpha value is -2.24. The van der Waals surface area contributed by atoms with Crippen molar-refractivity contribution in [3.63, 3.8) is 0 Å². The van der Waals surface area contributed by atoms with E-state index in [0.29, 0.717) is 0 Å². The van der Waals surface area contributed by atoms with E-state index in [4.69, 9.17) is 5.84 Å². The minimum atomic E-state index is -0.127. The summed E-state index contributed by atoms with van der Waals surface area (Å²) >= 11 is 0. The van der Waals surface area contributed by atoms with E-state index >= 15 is 0 Å². The molecule has 0 amide bonds. The van der Waals surface area contributed by atoms with Gasteiger partial charge < -0.3 is 0 Å². The van der Waals surface area contributed by atoms with Crippen molar-refractivity contribution in [2.24, 2.45) is 5.84 Å². The standard InChI is InChI=1S/C16H19N5/c1-2-10-21-15(11-18-20-21)16(19-17)14-9-5-7-12-6-3-4-8-13(12)14/h3-9,11,16,19H,2,10,17H2,1H3. The van der Waals surface area contributed by atoms with Crippen LogP contribution in [-0.2, 0) is 6.54 Å². The van der Waals surface area contributed by atoms with Crippen LogP contribution < -0.4 is 11.3 Å². The van der Waals surface area contributed by atoms with E-state index in [1.165, 1.54) is 10.8 Å². The molecule has 5 heteroatoms. The number of hydrogen-bond donors (Lipinski definition) is 2. The third kappa shape index (κ3) is 2.53. The monoisotopic (exact) mass is 281 g/mol. The van der Waals surface area contributed by atoms with E-state index in [1.54, 1.807) is 6.20 Å². The van der Waals surface area contributed by atoms with E-state index in [2.05, 4.69) is 53.0 Å². The number of rotatable bonds is 5. The highest BCUT2D eigenvalue weighted by Gasteiger charge is 2.19. The van der Waals surface area contributed by atoms with E-state index < -0.39 is 0 Å². The Bertz CT molecular complexity index is 729. The lowest BCUT2D eigenvalue weighted by molar-refractivity contribution is 0.513. The molecule has 21 heavy (non-hydrogen) atoms. The number of nitrogens with two attached hydrogens (primary N) is 1. The number of fused-ring (bicyclic) bond motifs is 1. The Kier molecular flexibility index (Phi) is 3.94. The minimum Gasteiger partial charge on any atom is -0.271 e. The summed E-state index contributed by atoms with van der Waals surface area (Å²) in [6.07, 6.45) is 2.78. The lowest BCUT2D eigenvalue weighted by atomic mass is 9.97. The Balaban J connectivity index is 2.12. The number of nitrogens with one attached hydrogen (secondary N) is 1. The summed E-state index contributed by atoms with van der Waals surface area (Å²) < 4.78 is 1.91. The quantitative estimate of drug-likeness (QED) is 0.556. The van der Waals surface area contributed by atoms with Crippen molar-refractivity contribution in [2.75, 3.05) is 0 Å². The molecule has 5 nitrogen and oxygen atoms in total. The SMILES string of the molecule is CCCn1nncc1C(NN)c1cccc2ccccc12. The maximum absolute atomic E-state index is 5.83. The first kappa shape index (κ1) is 13.7. The minimum absolute atomic E-state index is 0.127. The molecule has 0 bridgehead atoms. The van der Waals surface area contributed by atoms with Gasteiger partial charge in [0, 0.05) is 6.54 Å². The van der Waals surface area contributed by atoms with Crippen molar-refractivity contribution in [3.8, 4) is 0 Å². The van der Waals surface area contributed by atoms with Crippen LogP contribution in [0, 0.1) is 0 Å². The number of hydrazine groups is 1. The highest BCUT2D eigenvalue weighted by Crippen LogP contribution is 2.28. The molecule has 1 atom stereocenters. The van der Waals surface area contributed by atoms with E-state index in [1.807, 2.05) is 16.8 Å². The van der Waals surface area contributed by atoms with Gasteiger partial charge in [-0.25, -0.2) is 10.1 Å². The first-order chi connectivity index (χ1) is 10.3. The van der Waals surface area contributed by atoms with Gasteiger partial charge >= 0.3 is 0 Å². The topological polar surface area (TPSA) is 68.8 Å². The van der Waals surface area contributed by atoms with Crippen molar-refractivity contribution in [1.29, 1.82) is 0 Å². The van der Waals surface area contributed by atoms with Crippen LogP contribution >= 0.6 is 0 Å². The van der Waals surface area contributed by atoms with Crippen molar-refractivity contribution < 1.29 is 0 Å². The largest absolute Gasteiger partial charge is 0.271 e. The van der Waals surface area contributed by atoms with Gasteiger partial charge in [0.05, 0.1) is 17.9 Å². The molecule has 3 N–H and O–H groups in total. The number of hydrogen-bond acceptors (Lipinski definition) is 4. The molecule has 108 valence electrons. The van der Waals surface area contributed by atoms with Crippen LogP contribution in [0.15, 0.2) is 48.7 Å². The molecular formula is C16H19N5. The highest BCUT2D eigenvalue weighted by atomic mass is 15.4. The van der Waals surface area contributed by atoms with Gasteiger partial charge in [-0.2, -0.15) is 0 Å². The van der Waals surface area contributed by atoms with Gasteiger partial charge in [0.1, 0.15) is 0 Å². The zero-order chi connectivity index (χ0) is 14.7. The summed E-state index contributed by atoms with van der Waals surface area (Å²) in [5, 5.41) is 10.6. The summed E-state index contributed by atoms with van der Waals surface area (Å²) in [5.74, 6) is 5.83. The maximum Gasteiger partial charge on any atom is 0.0900 e. The van der Waals surface area contributed by atoms with Gasteiger partial charge in [0.15, 0.2) is 0 Å². The fraction of sp³-hybridized carbons (Fsp3) is 0.250. The fourth-order valence-corrected chi connectivity index (χ4v) is 2.71. The molecule has 0 fully saturated rings. The Morgan fingerprint density at radius 3 is 2.81 bits per heavy atom. The van der Waals surface area contributed by atoms with Gasteiger partial charge in [-0.05, 0) is 22.8 Å². The number of aromatic nitrogens is 3. The average molecular weight is 281 g/mol. The molecule has 3 aromatic rings. The van der Waals surface area contributed by atoms with E-state index in [9.17, 15) is 0 Å². The smallest absolute Gasteiger partial charge is 0.0900 e. The average Bonchev–Trinajstić information content (AvgIpc) is 2.97. The van der Waals surface area contributed by atoms with Crippen LogP contribution in [0.1, 0.15) is 30.6 Å². The van der Waals surface area contributed by atoms with Crippen LogP contribution in [0.4, 0.5) is 0 Å². The van der Waals surface area contributed by atoms with Gasteiger partial charge in [0.25, 0.3) is 0 Å². The van der Waals surface area contributed by atoms with Crippen molar-refractivity contribution in [1.82, 2.24) is 20.4 Å². The van der Waals surface area contributed by atoms with Crippen LogP contribution in [0.25, 0.3) is 10.8 Å². The molecule has 0 radical (unpaired) electrons. The first-order valence-corrected chi connectivity index (χ1v) is 7.17. The Labute approximate surface area is 123 Å². The second kappa shape index (κ2) is 6.03. The summed E-state index contributed by atoms with van der Waals surface area (Å²) in [6.45, 7) is 2.95. The molecule has 0 aliphatic carbocycles. The Morgan fingerprint density at radius 2 is 2.00 bits per heavy atom. The molecule has 0 spiro atoms. The van der Waals surface area contributed by atoms with Crippen LogP contribution in [0.2, 0.25) is 0 Å². The molecule has 0 aliphatic heterocycles. The molecule has 1 unspecified atom stereocenters. The molecular weight excluding hydrogens is 262 g/mol. The van der Waals surface area contributed by atoms with E-state index in [-0.39, 0.29) is 6.04 Å². The predicted octanol–water partition coefficient (Wildman–Crippen LogP) is 2.39. The Morgan fingerprint density at radius 1 is 1.19 bits per heavy atom. The number of nitrogens with zero attached hydrogens (tertiary/aromatic N) is 3. The second-order valence-corrected chi connectivity index (χ2v) is 5.05. The summed E-state index contributed by atoms with van der Waals surface area (Å²) in [5.41, 5.74) is 5.03. The van der Waals surface area contributed by atoms with E-state index in [0.717, 1.165) is 24.2 Å². The predicted molar refractivity (Wildman–Crippen MR) is 83.4 cm³/mol. The van der Waals surface area contributed by atoms with Crippen molar-refractivity contribution in [2.45, 2.75) is 25.9 Å². The zero-order valence-electron chi connectivity index (χ0n) is 12.0. The first-order valence-electron chi connectivity index (χ1n) is 7.17. The number of benzene rings is 2. The molecule has 0 aliphatic rings.